The molecule has 2 nitrogen and oxygen atoms in total. The molecule has 1 aliphatic heterocycles. The Morgan fingerprint density at radius 3 is 1.82 bits per heavy atom. The van der Waals surface area contributed by atoms with Crippen LogP contribution in [0.4, 0.5) is 0 Å². The topological polar surface area (TPSA) is 24.7 Å². The van der Waals surface area contributed by atoms with Crippen LogP contribution in [0.15, 0.2) is 137 Å². The van der Waals surface area contributed by atoms with E-state index >= 15 is 0 Å². The van der Waals surface area contributed by atoms with Crippen molar-refractivity contribution in [1.29, 1.82) is 0 Å². The van der Waals surface area contributed by atoms with Crippen molar-refractivity contribution < 1.29 is 0 Å². The zero-order valence-corrected chi connectivity index (χ0v) is 18.8. The van der Waals surface area contributed by atoms with Gasteiger partial charge in [0.25, 0.3) is 0 Å². The average Bonchev–Trinajstić information content (AvgIpc) is 2.93. The fourth-order valence-electron chi connectivity index (χ4n) is 4.79. The summed E-state index contributed by atoms with van der Waals surface area (Å²) in [5.41, 5.74) is 6.98. The van der Waals surface area contributed by atoms with E-state index in [1.165, 1.54) is 27.5 Å². The van der Waals surface area contributed by atoms with Crippen molar-refractivity contribution in [3.63, 3.8) is 0 Å². The molecule has 1 heterocycles. The zero-order valence-electron chi connectivity index (χ0n) is 18.8. The molecule has 0 aromatic heterocycles. The molecule has 0 N–H and O–H groups in total. The lowest BCUT2D eigenvalue weighted by molar-refractivity contribution is 0.756. The van der Waals surface area contributed by atoms with Crippen LogP contribution in [0, 0.1) is 0 Å². The summed E-state index contributed by atoms with van der Waals surface area (Å²) < 4.78 is 0. The molecular formula is C32H24N2. The number of hydrogen-bond acceptors (Lipinski definition) is 2. The number of hydrogen-bond donors (Lipinski definition) is 0. The van der Waals surface area contributed by atoms with Crippen molar-refractivity contribution in [2.24, 2.45) is 9.98 Å². The average molecular weight is 437 g/mol. The summed E-state index contributed by atoms with van der Waals surface area (Å²) in [6.07, 6.45) is 0.762. The first-order valence-electron chi connectivity index (χ1n) is 11.7. The normalized spacial score (nSPS) is 15.6. The molecular weight excluding hydrogens is 412 g/mol. The van der Waals surface area contributed by atoms with Gasteiger partial charge in [-0.1, -0.05) is 127 Å². The van der Waals surface area contributed by atoms with Gasteiger partial charge < -0.3 is 0 Å². The van der Waals surface area contributed by atoms with E-state index in [0.717, 1.165) is 29.1 Å². The largest absolute Gasteiger partial charge is 0.258 e. The highest BCUT2D eigenvalue weighted by molar-refractivity contribution is 6.14. The van der Waals surface area contributed by atoms with Crippen LogP contribution in [0.3, 0.4) is 0 Å². The van der Waals surface area contributed by atoms with E-state index in [2.05, 4.69) is 103 Å². The van der Waals surface area contributed by atoms with E-state index < -0.39 is 0 Å². The van der Waals surface area contributed by atoms with Crippen LogP contribution >= 0.6 is 0 Å². The first-order valence-corrected chi connectivity index (χ1v) is 11.7. The molecule has 34 heavy (non-hydrogen) atoms. The molecule has 1 unspecified atom stereocenters. The molecule has 0 saturated carbocycles. The molecule has 5 aromatic rings. The van der Waals surface area contributed by atoms with Gasteiger partial charge in [-0.25, -0.2) is 4.99 Å². The molecule has 1 aliphatic rings. The van der Waals surface area contributed by atoms with Crippen molar-refractivity contribution in [1.82, 2.24) is 0 Å². The minimum atomic E-state index is -0.0253. The van der Waals surface area contributed by atoms with Crippen molar-refractivity contribution in [3.05, 3.63) is 144 Å². The molecule has 0 radical (unpaired) electrons. The molecule has 0 bridgehead atoms. The highest BCUT2D eigenvalue weighted by Gasteiger charge is 2.25. The van der Waals surface area contributed by atoms with Crippen LogP contribution in [-0.4, -0.2) is 11.5 Å². The fraction of sp³-hybridized carbons (Fsp3) is 0.0625. The van der Waals surface area contributed by atoms with Gasteiger partial charge in [0.2, 0.25) is 0 Å². The van der Waals surface area contributed by atoms with Crippen LogP contribution in [0.25, 0.3) is 21.9 Å². The number of benzene rings is 5. The summed E-state index contributed by atoms with van der Waals surface area (Å²) in [5, 5.41) is 2.50. The molecule has 6 rings (SSSR count). The van der Waals surface area contributed by atoms with Crippen molar-refractivity contribution in [3.8, 4) is 11.1 Å². The van der Waals surface area contributed by atoms with E-state index in [4.69, 9.17) is 9.98 Å². The Bertz CT molecular complexity index is 1500. The van der Waals surface area contributed by atoms with Gasteiger partial charge in [-0.15, -0.1) is 0 Å². The Balaban J connectivity index is 1.56. The van der Waals surface area contributed by atoms with Crippen LogP contribution in [0.2, 0.25) is 0 Å². The number of aliphatic imine (C=N–C) groups is 2. The summed E-state index contributed by atoms with van der Waals surface area (Å²) in [6.45, 7) is 0. The molecule has 0 saturated heterocycles. The lowest BCUT2D eigenvalue weighted by Gasteiger charge is -2.24. The maximum absolute atomic E-state index is 5.22. The third kappa shape index (κ3) is 3.84. The summed E-state index contributed by atoms with van der Waals surface area (Å²) >= 11 is 0. The zero-order chi connectivity index (χ0) is 22.7. The van der Waals surface area contributed by atoms with Gasteiger partial charge >= 0.3 is 0 Å². The minimum absolute atomic E-state index is 0.0253. The SMILES string of the molecule is c1ccc(C2=NC(c3ccccc3)=NC(c3ccc4ccccc4c3-c3ccccc3)C2)cc1. The maximum Gasteiger partial charge on any atom is 0.155 e. The van der Waals surface area contributed by atoms with Gasteiger partial charge in [0.1, 0.15) is 0 Å². The lowest BCUT2D eigenvalue weighted by Crippen LogP contribution is -2.18. The second-order valence-electron chi connectivity index (χ2n) is 8.58. The Morgan fingerprint density at radius 1 is 0.529 bits per heavy atom. The van der Waals surface area contributed by atoms with Crippen LogP contribution in [0.1, 0.15) is 29.2 Å². The fourth-order valence-corrected chi connectivity index (χ4v) is 4.79. The summed E-state index contributed by atoms with van der Waals surface area (Å²) in [6, 6.07) is 44.5. The molecule has 0 spiro atoms. The third-order valence-electron chi connectivity index (χ3n) is 6.43. The Labute approximate surface area is 200 Å². The van der Waals surface area contributed by atoms with Crippen LogP contribution in [-0.2, 0) is 0 Å². The van der Waals surface area contributed by atoms with E-state index in [-0.39, 0.29) is 6.04 Å². The third-order valence-corrected chi connectivity index (χ3v) is 6.43. The van der Waals surface area contributed by atoms with E-state index in [0.29, 0.717) is 0 Å². The molecule has 5 aromatic carbocycles. The maximum atomic E-state index is 5.22. The Hall–Kier alpha value is -4.30. The van der Waals surface area contributed by atoms with Crippen LogP contribution < -0.4 is 0 Å². The smallest absolute Gasteiger partial charge is 0.155 e. The van der Waals surface area contributed by atoms with Crippen molar-refractivity contribution >= 4 is 22.3 Å². The number of fused-ring (bicyclic) bond motifs is 1. The van der Waals surface area contributed by atoms with Gasteiger partial charge in [0, 0.05) is 12.0 Å². The second-order valence-corrected chi connectivity index (χ2v) is 8.58. The predicted molar refractivity (Wildman–Crippen MR) is 143 cm³/mol. The Kier molecular flexibility index (Phi) is 5.33. The molecule has 1 atom stereocenters. The second kappa shape index (κ2) is 8.92. The first kappa shape index (κ1) is 20.3. The molecule has 162 valence electrons. The van der Waals surface area contributed by atoms with Crippen molar-refractivity contribution in [2.75, 3.05) is 0 Å². The number of rotatable bonds is 4. The molecule has 0 amide bonds. The number of amidine groups is 1. The molecule has 0 fully saturated rings. The summed E-state index contributed by atoms with van der Waals surface area (Å²) in [7, 11) is 0. The predicted octanol–water partition coefficient (Wildman–Crippen LogP) is 7.89. The van der Waals surface area contributed by atoms with Crippen molar-refractivity contribution in [2.45, 2.75) is 12.5 Å². The monoisotopic (exact) mass is 436 g/mol. The molecule has 0 aliphatic carbocycles. The van der Waals surface area contributed by atoms with Crippen LogP contribution in [0.5, 0.6) is 0 Å². The van der Waals surface area contributed by atoms with E-state index in [1.807, 2.05) is 24.3 Å². The molecule has 2 heteroatoms. The van der Waals surface area contributed by atoms with Gasteiger partial charge in [0.05, 0.1) is 11.8 Å². The first-order chi connectivity index (χ1) is 16.9. The van der Waals surface area contributed by atoms with Gasteiger partial charge in [0.15, 0.2) is 5.84 Å². The lowest BCUT2D eigenvalue weighted by atomic mass is 9.87. The highest BCUT2D eigenvalue weighted by Crippen LogP contribution is 2.39. The Morgan fingerprint density at radius 2 is 1.12 bits per heavy atom. The van der Waals surface area contributed by atoms with E-state index in [1.54, 1.807) is 0 Å². The quantitative estimate of drug-likeness (QED) is 0.274. The van der Waals surface area contributed by atoms with Gasteiger partial charge in [-0.3, -0.25) is 4.99 Å². The van der Waals surface area contributed by atoms with E-state index in [9.17, 15) is 0 Å². The highest BCUT2D eigenvalue weighted by atomic mass is 15.0. The summed E-state index contributed by atoms with van der Waals surface area (Å²) in [5.74, 6) is 0.794. The van der Waals surface area contributed by atoms with Gasteiger partial charge in [-0.2, -0.15) is 0 Å². The minimum Gasteiger partial charge on any atom is -0.258 e. The number of nitrogens with zero attached hydrogens (tertiary/aromatic N) is 2. The summed E-state index contributed by atoms with van der Waals surface area (Å²) in [4.78, 5) is 10.2. The van der Waals surface area contributed by atoms with Gasteiger partial charge in [-0.05, 0) is 33.0 Å². The standard InChI is InChI=1S/C32H24N2/c1-4-13-24(14-5-1)29-22-30(34-32(33-29)26-17-8-3-9-18-26)28-21-20-23-12-10-11-19-27(23)31(28)25-15-6-2-7-16-25/h1-21,30H,22H2.